The molecule has 1 heterocycles. The van der Waals surface area contributed by atoms with E-state index >= 15 is 0 Å². The molecular formula is C10H17NO5. The number of aldehydes is 1. The molecule has 6 heteroatoms. The molecule has 0 aromatic heterocycles. The summed E-state index contributed by atoms with van der Waals surface area (Å²) in [6.45, 7) is 6.24. The topological polar surface area (TPSA) is 65.1 Å². The van der Waals surface area contributed by atoms with Crippen LogP contribution in [0.15, 0.2) is 0 Å². The third kappa shape index (κ3) is 4.16. The molecular weight excluding hydrogens is 214 g/mol. The standard InChI is InChI=1S/C10H17NO5/c1-10(2,3)15-9(13)16-11-4-5-14-7-8(11)6-12/h6,8H,4-5,7H2,1-3H3. The summed E-state index contributed by atoms with van der Waals surface area (Å²) in [6, 6.07) is -0.554. The van der Waals surface area contributed by atoms with Crippen LogP contribution in [0.1, 0.15) is 20.8 Å². The van der Waals surface area contributed by atoms with E-state index in [-0.39, 0.29) is 6.61 Å². The number of nitrogens with zero attached hydrogens (tertiary/aromatic N) is 1. The first-order chi connectivity index (χ1) is 7.42. The number of morpholine rings is 1. The van der Waals surface area contributed by atoms with Gasteiger partial charge in [-0.2, -0.15) is 0 Å². The highest BCUT2D eigenvalue weighted by molar-refractivity contribution is 5.62. The van der Waals surface area contributed by atoms with E-state index in [0.29, 0.717) is 19.4 Å². The van der Waals surface area contributed by atoms with Crippen LogP contribution in [-0.2, 0) is 19.1 Å². The molecule has 0 aromatic rings. The first-order valence-electron chi connectivity index (χ1n) is 5.13. The van der Waals surface area contributed by atoms with Gasteiger partial charge in [0.1, 0.15) is 17.9 Å². The monoisotopic (exact) mass is 231 g/mol. The normalized spacial score (nSPS) is 22.6. The van der Waals surface area contributed by atoms with Gasteiger partial charge in [-0.05, 0) is 20.8 Å². The first-order valence-corrected chi connectivity index (χ1v) is 5.13. The number of carbonyl (C=O) groups is 2. The molecule has 16 heavy (non-hydrogen) atoms. The minimum atomic E-state index is -0.804. The zero-order valence-corrected chi connectivity index (χ0v) is 9.76. The summed E-state index contributed by atoms with van der Waals surface area (Å²) in [7, 11) is 0. The van der Waals surface area contributed by atoms with Gasteiger partial charge in [0.25, 0.3) is 0 Å². The van der Waals surface area contributed by atoms with Gasteiger partial charge in [0, 0.05) is 0 Å². The lowest BCUT2D eigenvalue weighted by molar-refractivity contribution is -0.198. The second-order valence-electron chi connectivity index (χ2n) is 4.47. The number of hydrogen-bond donors (Lipinski definition) is 0. The molecule has 1 rings (SSSR count). The molecule has 1 unspecified atom stereocenters. The van der Waals surface area contributed by atoms with Crippen LogP contribution in [0.2, 0.25) is 0 Å². The molecule has 1 aliphatic heterocycles. The van der Waals surface area contributed by atoms with Crippen molar-refractivity contribution in [3.8, 4) is 0 Å². The van der Waals surface area contributed by atoms with Crippen LogP contribution < -0.4 is 0 Å². The van der Waals surface area contributed by atoms with Crippen LogP contribution in [0.25, 0.3) is 0 Å². The summed E-state index contributed by atoms with van der Waals surface area (Å²) in [5.41, 5.74) is -0.611. The summed E-state index contributed by atoms with van der Waals surface area (Å²) in [5.74, 6) is 0. The summed E-state index contributed by atoms with van der Waals surface area (Å²) in [5, 5.41) is 1.28. The Labute approximate surface area is 94.4 Å². The Balaban J connectivity index is 2.45. The maximum atomic E-state index is 11.3. The average Bonchev–Trinajstić information content (AvgIpc) is 2.15. The van der Waals surface area contributed by atoms with Crippen LogP contribution in [-0.4, -0.2) is 48.9 Å². The van der Waals surface area contributed by atoms with Crippen LogP contribution in [0.3, 0.4) is 0 Å². The summed E-state index contributed by atoms with van der Waals surface area (Å²) in [6.07, 6.45) is -0.120. The Kier molecular flexibility index (Phi) is 4.26. The summed E-state index contributed by atoms with van der Waals surface area (Å²) < 4.78 is 10.1. The second-order valence-corrected chi connectivity index (χ2v) is 4.47. The smallest absolute Gasteiger partial charge is 0.427 e. The predicted octanol–water partition coefficient (Wildman–Crippen LogP) is 0.753. The quantitative estimate of drug-likeness (QED) is 0.516. The van der Waals surface area contributed by atoms with Crippen molar-refractivity contribution in [1.82, 2.24) is 5.06 Å². The first kappa shape index (κ1) is 12.9. The van der Waals surface area contributed by atoms with Gasteiger partial charge in [-0.15, -0.1) is 5.06 Å². The van der Waals surface area contributed by atoms with E-state index in [4.69, 9.17) is 14.3 Å². The van der Waals surface area contributed by atoms with Gasteiger partial charge in [-0.1, -0.05) is 0 Å². The van der Waals surface area contributed by atoms with Gasteiger partial charge >= 0.3 is 6.16 Å². The Morgan fingerprint density at radius 3 is 2.75 bits per heavy atom. The molecule has 0 amide bonds. The maximum absolute atomic E-state index is 11.3. The fraction of sp³-hybridized carbons (Fsp3) is 0.800. The number of hydrogen-bond acceptors (Lipinski definition) is 6. The molecule has 1 aliphatic rings. The molecule has 0 spiro atoms. The summed E-state index contributed by atoms with van der Waals surface area (Å²) in [4.78, 5) is 27.0. The van der Waals surface area contributed by atoms with Crippen molar-refractivity contribution in [3.63, 3.8) is 0 Å². The highest BCUT2D eigenvalue weighted by Crippen LogP contribution is 2.11. The Hall–Kier alpha value is -1.14. The van der Waals surface area contributed by atoms with Crippen LogP contribution >= 0.6 is 0 Å². The molecule has 0 saturated carbocycles. The van der Waals surface area contributed by atoms with Crippen LogP contribution in [0.5, 0.6) is 0 Å². The molecule has 6 nitrogen and oxygen atoms in total. The molecule has 0 N–H and O–H groups in total. The van der Waals surface area contributed by atoms with Crippen molar-refractivity contribution in [2.24, 2.45) is 0 Å². The van der Waals surface area contributed by atoms with Crippen LogP contribution in [0, 0.1) is 0 Å². The molecule has 1 fully saturated rings. The van der Waals surface area contributed by atoms with E-state index in [1.165, 1.54) is 5.06 Å². The van der Waals surface area contributed by atoms with E-state index in [9.17, 15) is 9.59 Å². The molecule has 1 atom stereocenters. The fourth-order valence-corrected chi connectivity index (χ4v) is 1.19. The zero-order chi connectivity index (χ0) is 12.2. The Morgan fingerprint density at radius 2 is 2.19 bits per heavy atom. The number of rotatable bonds is 2. The van der Waals surface area contributed by atoms with Gasteiger partial charge < -0.3 is 19.1 Å². The molecule has 0 aliphatic carbocycles. The molecule has 0 aromatic carbocycles. The molecule has 1 saturated heterocycles. The molecule has 0 radical (unpaired) electrons. The lowest BCUT2D eigenvalue weighted by atomic mass is 10.2. The zero-order valence-electron chi connectivity index (χ0n) is 9.76. The van der Waals surface area contributed by atoms with Crippen molar-refractivity contribution in [3.05, 3.63) is 0 Å². The third-order valence-electron chi connectivity index (χ3n) is 1.85. The van der Waals surface area contributed by atoms with Gasteiger partial charge in [-0.3, -0.25) is 0 Å². The van der Waals surface area contributed by atoms with E-state index < -0.39 is 17.8 Å². The maximum Gasteiger partial charge on any atom is 0.528 e. The molecule has 92 valence electrons. The van der Waals surface area contributed by atoms with Gasteiger partial charge in [-0.25, -0.2) is 4.79 Å². The minimum absolute atomic E-state index is 0.228. The van der Waals surface area contributed by atoms with Crippen molar-refractivity contribution < 1.29 is 23.9 Å². The van der Waals surface area contributed by atoms with Crippen molar-refractivity contribution in [1.29, 1.82) is 0 Å². The van der Waals surface area contributed by atoms with Crippen molar-refractivity contribution in [2.45, 2.75) is 32.4 Å². The third-order valence-corrected chi connectivity index (χ3v) is 1.85. The van der Waals surface area contributed by atoms with Gasteiger partial charge in [0.05, 0.1) is 19.8 Å². The fourth-order valence-electron chi connectivity index (χ4n) is 1.19. The van der Waals surface area contributed by atoms with E-state index in [1.807, 2.05) is 0 Å². The highest BCUT2D eigenvalue weighted by Gasteiger charge is 2.28. The largest absolute Gasteiger partial charge is 0.528 e. The van der Waals surface area contributed by atoms with Gasteiger partial charge in [0.15, 0.2) is 0 Å². The van der Waals surface area contributed by atoms with Crippen molar-refractivity contribution in [2.75, 3.05) is 19.8 Å². The van der Waals surface area contributed by atoms with E-state index in [0.717, 1.165) is 0 Å². The number of hydroxylamine groups is 2. The Morgan fingerprint density at radius 1 is 1.50 bits per heavy atom. The van der Waals surface area contributed by atoms with Gasteiger partial charge in [0.2, 0.25) is 0 Å². The van der Waals surface area contributed by atoms with Crippen molar-refractivity contribution >= 4 is 12.4 Å². The summed E-state index contributed by atoms with van der Waals surface area (Å²) >= 11 is 0. The highest BCUT2D eigenvalue weighted by atomic mass is 16.8. The lowest BCUT2D eigenvalue weighted by Crippen LogP contribution is -2.47. The molecule has 0 bridgehead atoms. The van der Waals surface area contributed by atoms with Crippen LogP contribution in [0.4, 0.5) is 4.79 Å². The second kappa shape index (κ2) is 5.27. The lowest BCUT2D eigenvalue weighted by Gasteiger charge is -2.30. The number of carbonyl (C=O) groups excluding carboxylic acids is 2. The van der Waals surface area contributed by atoms with E-state index in [2.05, 4.69) is 0 Å². The van der Waals surface area contributed by atoms with E-state index in [1.54, 1.807) is 20.8 Å². The minimum Gasteiger partial charge on any atom is -0.427 e. The SMILES string of the molecule is CC(C)(C)OC(=O)ON1CCOCC1C=O. The Bertz CT molecular complexity index is 260. The number of ether oxygens (including phenoxy) is 2. The predicted molar refractivity (Wildman–Crippen MR) is 54.7 cm³/mol. The average molecular weight is 231 g/mol.